The molecule has 0 unspecified atom stereocenters. The van der Waals surface area contributed by atoms with E-state index in [2.05, 4.69) is 20.5 Å². The van der Waals surface area contributed by atoms with Gasteiger partial charge in [0.15, 0.2) is 5.65 Å². The van der Waals surface area contributed by atoms with E-state index in [0.717, 1.165) is 11.5 Å². The van der Waals surface area contributed by atoms with E-state index in [9.17, 15) is 9.59 Å². The zero-order valence-corrected chi connectivity index (χ0v) is 13.2. The van der Waals surface area contributed by atoms with E-state index in [1.165, 1.54) is 10.6 Å². The number of rotatable bonds is 4. The van der Waals surface area contributed by atoms with Crippen molar-refractivity contribution in [1.29, 1.82) is 0 Å². The van der Waals surface area contributed by atoms with Gasteiger partial charge in [-0.1, -0.05) is 12.1 Å². The molecule has 1 amide bonds. The Balaban J connectivity index is 1.49. The summed E-state index contributed by atoms with van der Waals surface area (Å²) in [6.45, 7) is 0.339. The topological polar surface area (TPSA) is 93.7 Å². The van der Waals surface area contributed by atoms with Crippen LogP contribution < -0.4 is 10.9 Å². The Morgan fingerprint density at radius 2 is 1.76 bits per heavy atom. The molecule has 4 heterocycles. The normalized spacial score (nSPS) is 11.0. The highest BCUT2D eigenvalue weighted by atomic mass is 16.2. The maximum Gasteiger partial charge on any atom is 0.270 e. The molecule has 0 atom stereocenters. The number of amides is 1. The van der Waals surface area contributed by atoms with E-state index < -0.39 is 11.5 Å². The van der Waals surface area contributed by atoms with Crippen molar-refractivity contribution < 1.29 is 4.79 Å². The van der Waals surface area contributed by atoms with Gasteiger partial charge in [0, 0.05) is 31.6 Å². The molecule has 0 aliphatic carbocycles. The van der Waals surface area contributed by atoms with Crippen LogP contribution >= 0.6 is 0 Å². The lowest BCUT2D eigenvalue weighted by molar-refractivity contribution is 0.0952. The van der Waals surface area contributed by atoms with Gasteiger partial charge in [-0.25, -0.2) is 4.98 Å². The van der Waals surface area contributed by atoms with E-state index in [4.69, 9.17) is 0 Å². The smallest absolute Gasteiger partial charge is 0.270 e. The first-order valence-corrected chi connectivity index (χ1v) is 7.77. The van der Waals surface area contributed by atoms with Crippen molar-refractivity contribution in [3.63, 3.8) is 0 Å². The Bertz CT molecular complexity index is 1130. The Morgan fingerprint density at radius 3 is 2.60 bits per heavy atom. The van der Waals surface area contributed by atoms with Crippen LogP contribution in [0.15, 0.2) is 59.8 Å². The molecule has 4 rings (SSSR count). The molecule has 0 aliphatic heterocycles. The fourth-order valence-electron chi connectivity index (χ4n) is 2.63. The minimum Gasteiger partial charge on any atom is -0.351 e. The lowest BCUT2D eigenvalue weighted by atomic mass is 10.3. The lowest BCUT2D eigenvalue weighted by Crippen LogP contribution is -2.32. The minimum absolute atomic E-state index is 0.00908. The number of nitrogens with one attached hydrogen (secondary N) is 1. The maximum atomic E-state index is 12.4. The van der Waals surface area contributed by atoms with E-state index in [1.807, 2.05) is 28.8 Å². The Kier molecular flexibility index (Phi) is 3.70. The molecule has 0 saturated heterocycles. The third-order valence-corrected chi connectivity index (χ3v) is 3.88. The first-order chi connectivity index (χ1) is 12.2. The van der Waals surface area contributed by atoms with Crippen LogP contribution in [0.5, 0.6) is 0 Å². The van der Waals surface area contributed by atoms with Crippen LogP contribution in [-0.4, -0.2) is 36.4 Å². The maximum absolute atomic E-state index is 12.4. The molecule has 124 valence electrons. The van der Waals surface area contributed by atoms with Gasteiger partial charge in [-0.3, -0.25) is 18.4 Å². The predicted octanol–water partition coefficient (Wildman–Crippen LogP) is 0.710. The fourth-order valence-corrected chi connectivity index (χ4v) is 2.63. The van der Waals surface area contributed by atoms with E-state index in [1.54, 1.807) is 24.4 Å². The van der Waals surface area contributed by atoms with Gasteiger partial charge in [-0.05, 0) is 24.3 Å². The van der Waals surface area contributed by atoms with Crippen molar-refractivity contribution >= 4 is 17.2 Å². The van der Waals surface area contributed by atoms with Crippen LogP contribution in [0.3, 0.4) is 0 Å². The summed E-state index contributed by atoms with van der Waals surface area (Å²) in [5.74, 6) is 0.286. The molecule has 25 heavy (non-hydrogen) atoms. The predicted molar refractivity (Wildman–Crippen MR) is 90.5 cm³/mol. The summed E-state index contributed by atoms with van der Waals surface area (Å²) in [5, 5.41) is 10.9. The lowest BCUT2D eigenvalue weighted by Gasteiger charge is -2.05. The summed E-state index contributed by atoms with van der Waals surface area (Å²) >= 11 is 0. The summed E-state index contributed by atoms with van der Waals surface area (Å²) in [6, 6.07) is 10.8. The van der Waals surface area contributed by atoms with Crippen LogP contribution in [0.2, 0.25) is 0 Å². The highest BCUT2D eigenvalue weighted by molar-refractivity contribution is 5.93. The molecule has 8 heteroatoms. The van der Waals surface area contributed by atoms with Gasteiger partial charge in [0.25, 0.3) is 11.5 Å². The van der Waals surface area contributed by atoms with Crippen LogP contribution in [0.25, 0.3) is 11.3 Å². The molecule has 0 aliphatic rings. The van der Waals surface area contributed by atoms with Gasteiger partial charge >= 0.3 is 0 Å². The molecular formula is C17H14N6O2. The Morgan fingerprint density at radius 1 is 1.00 bits per heavy atom. The number of hydrogen-bond donors (Lipinski definition) is 1. The van der Waals surface area contributed by atoms with Gasteiger partial charge in [-0.15, -0.1) is 10.2 Å². The third-order valence-electron chi connectivity index (χ3n) is 3.88. The van der Waals surface area contributed by atoms with Crippen molar-refractivity contribution in [2.45, 2.75) is 6.42 Å². The SMILES string of the molecule is O=C(NCCc1nnc2ccccn12)c1cnc2ccccn2c1=O. The molecule has 8 nitrogen and oxygen atoms in total. The number of pyridine rings is 2. The van der Waals surface area contributed by atoms with Crippen molar-refractivity contribution in [2.75, 3.05) is 6.54 Å². The molecule has 0 radical (unpaired) electrons. The molecule has 4 aromatic rings. The van der Waals surface area contributed by atoms with E-state index in [-0.39, 0.29) is 5.56 Å². The average Bonchev–Trinajstić information content (AvgIpc) is 3.05. The third kappa shape index (κ3) is 2.74. The Hall–Kier alpha value is -3.55. The number of nitrogens with zero attached hydrogens (tertiary/aromatic N) is 5. The molecule has 0 aromatic carbocycles. The summed E-state index contributed by atoms with van der Waals surface area (Å²) in [7, 11) is 0. The number of fused-ring (bicyclic) bond motifs is 2. The standard InChI is InChI=1S/C17H14N6O2/c24-16(12-11-19-13-5-1-4-10-23(13)17(12)25)18-8-7-15-21-20-14-6-2-3-9-22(14)15/h1-6,9-11H,7-8H2,(H,18,24). The largest absolute Gasteiger partial charge is 0.351 e. The number of aromatic nitrogens is 5. The quantitative estimate of drug-likeness (QED) is 0.593. The highest BCUT2D eigenvalue weighted by Gasteiger charge is 2.13. The first-order valence-electron chi connectivity index (χ1n) is 7.77. The van der Waals surface area contributed by atoms with E-state index >= 15 is 0 Å². The summed E-state index contributed by atoms with van der Waals surface area (Å²) < 4.78 is 3.21. The van der Waals surface area contributed by atoms with Crippen molar-refractivity contribution in [3.8, 4) is 0 Å². The van der Waals surface area contributed by atoms with Gasteiger partial charge in [-0.2, -0.15) is 0 Å². The molecule has 4 aromatic heterocycles. The number of carbonyl (C=O) groups excluding carboxylic acids is 1. The molecular weight excluding hydrogens is 320 g/mol. The zero-order chi connectivity index (χ0) is 17.2. The van der Waals surface area contributed by atoms with Crippen molar-refractivity contribution in [2.24, 2.45) is 0 Å². The highest BCUT2D eigenvalue weighted by Crippen LogP contribution is 2.03. The minimum atomic E-state index is -0.454. The molecule has 0 fully saturated rings. The second kappa shape index (κ2) is 6.16. The van der Waals surface area contributed by atoms with Crippen molar-refractivity contribution in [1.82, 2.24) is 29.3 Å². The zero-order valence-electron chi connectivity index (χ0n) is 13.2. The first kappa shape index (κ1) is 15.0. The average molecular weight is 334 g/mol. The van der Waals surface area contributed by atoms with Crippen molar-refractivity contribution in [3.05, 3.63) is 76.7 Å². The molecule has 0 saturated carbocycles. The number of carbonyl (C=O) groups is 1. The van der Waals surface area contributed by atoms with Crippen LogP contribution in [0.4, 0.5) is 0 Å². The monoisotopic (exact) mass is 334 g/mol. The van der Waals surface area contributed by atoms with E-state index in [0.29, 0.717) is 18.6 Å². The second-order valence-electron chi connectivity index (χ2n) is 5.46. The summed E-state index contributed by atoms with van der Waals surface area (Å²) in [5.41, 5.74) is 0.866. The second-order valence-corrected chi connectivity index (χ2v) is 5.46. The fraction of sp³-hybridized carbons (Fsp3) is 0.118. The molecule has 0 bridgehead atoms. The number of hydrogen-bond acceptors (Lipinski definition) is 5. The summed E-state index contributed by atoms with van der Waals surface area (Å²) in [6.07, 6.45) is 5.26. The van der Waals surface area contributed by atoms with Gasteiger partial charge in [0.2, 0.25) is 0 Å². The molecule has 0 spiro atoms. The van der Waals surface area contributed by atoms with Crippen LogP contribution in [-0.2, 0) is 6.42 Å². The van der Waals surface area contributed by atoms with Gasteiger partial charge < -0.3 is 5.32 Å². The van der Waals surface area contributed by atoms with Crippen LogP contribution in [0, 0.1) is 0 Å². The van der Waals surface area contributed by atoms with Gasteiger partial charge in [0.1, 0.15) is 17.0 Å². The molecule has 1 N–H and O–H groups in total. The Labute approximate surface area is 141 Å². The van der Waals surface area contributed by atoms with Crippen LogP contribution in [0.1, 0.15) is 16.2 Å². The summed E-state index contributed by atoms with van der Waals surface area (Å²) in [4.78, 5) is 28.8. The van der Waals surface area contributed by atoms with Gasteiger partial charge in [0.05, 0.1) is 0 Å².